The molecule has 53 heavy (non-hydrogen) atoms. The van der Waals surface area contributed by atoms with Crippen LogP contribution in [-0.2, 0) is 0 Å². The van der Waals surface area contributed by atoms with Crippen LogP contribution in [0, 0.1) is 0 Å². The average Bonchev–Trinajstić information content (AvgIpc) is 3.83. The van der Waals surface area contributed by atoms with Crippen molar-refractivity contribution in [2.75, 3.05) is 0 Å². The fourth-order valence-electron chi connectivity index (χ4n) is 6.69. The van der Waals surface area contributed by atoms with Crippen LogP contribution < -0.4 is 0 Å². The van der Waals surface area contributed by atoms with Crippen LogP contribution in [0.15, 0.2) is 181 Å². The van der Waals surface area contributed by atoms with Gasteiger partial charge in [-0.3, -0.25) is 0 Å². The van der Waals surface area contributed by atoms with Gasteiger partial charge in [0.2, 0.25) is 0 Å². The molecule has 0 radical (unpaired) electrons. The molecule has 9 rings (SSSR count). The van der Waals surface area contributed by atoms with Crippen LogP contribution in [0.25, 0.3) is 89.4 Å². The van der Waals surface area contributed by atoms with Crippen molar-refractivity contribution in [3.05, 3.63) is 183 Å². The average molecular weight is 684 g/mol. The molecular weight excluding hydrogens is 651 g/mol. The zero-order valence-corrected chi connectivity index (χ0v) is 29.0. The third kappa shape index (κ3) is 6.13. The van der Waals surface area contributed by atoms with Crippen LogP contribution in [0.1, 0.15) is 12.7 Å². The van der Waals surface area contributed by atoms with Gasteiger partial charge in [0, 0.05) is 45.4 Å². The Hall–Kier alpha value is -7.18. The number of hydrogen-bond acceptors (Lipinski definition) is 5. The summed E-state index contributed by atoms with van der Waals surface area (Å²) in [4.78, 5) is 19.8. The maximum Gasteiger partial charge on any atom is 0.164 e. The van der Waals surface area contributed by atoms with E-state index in [1.165, 1.54) is 5.56 Å². The predicted octanol–water partition coefficient (Wildman–Crippen LogP) is 11.9. The minimum atomic E-state index is 0.538. The molecule has 0 bridgehead atoms. The zero-order valence-electron chi connectivity index (χ0n) is 29.0. The minimum Gasteiger partial charge on any atom is -0.456 e. The lowest BCUT2D eigenvalue weighted by Crippen LogP contribution is -2.02. The number of nitrogens with zero attached hydrogens (tertiary/aromatic N) is 5. The molecule has 0 aliphatic rings. The van der Waals surface area contributed by atoms with E-state index < -0.39 is 0 Å². The SMILES string of the molecule is C=C/C(=C\C=C/C)c1nc(-c2cccc(-c3cccc(-c4ccccc4)c3)c2)nc(-c2ccc3c(c2)oc2cc(-c4cn5ccccc5n4)ccc23)n1. The highest BCUT2D eigenvalue weighted by atomic mass is 16.3. The van der Waals surface area contributed by atoms with Gasteiger partial charge < -0.3 is 8.82 Å². The van der Waals surface area contributed by atoms with Gasteiger partial charge in [-0.15, -0.1) is 0 Å². The molecule has 0 fully saturated rings. The Kier molecular flexibility index (Phi) is 8.10. The van der Waals surface area contributed by atoms with Crippen LogP contribution in [0.5, 0.6) is 0 Å². The van der Waals surface area contributed by atoms with E-state index in [0.717, 1.165) is 72.2 Å². The summed E-state index contributed by atoms with van der Waals surface area (Å²) in [7, 11) is 0. The normalized spacial score (nSPS) is 12.0. The van der Waals surface area contributed by atoms with Gasteiger partial charge in [-0.05, 0) is 77.7 Å². The lowest BCUT2D eigenvalue weighted by atomic mass is 9.98. The van der Waals surface area contributed by atoms with E-state index in [9.17, 15) is 0 Å². The summed E-state index contributed by atoms with van der Waals surface area (Å²) in [6.45, 7) is 6.04. The Labute approximate surface area is 306 Å². The maximum absolute atomic E-state index is 6.48. The monoisotopic (exact) mass is 683 g/mol. The molecule has 4 aromatic heterocycles. The fourth-order valence-corrected chi connectivity index (χ4v) is 6.69. The third-order valence-electron chi connectivity index (χ3n) is 9.40. The molecular formula is C47H33N5O. The Morgan fingerprint density at radius 2 is 1.19 bits per heavy atom. The number of allylic oxidation sites excluding steroid dienone is 5. The number of pyridine rings is 1. The molecule has 0 N–H and O–H groups in total. The first-order valence-corrected chi connectivity index (χ1v) is 17.5. The standard InChI is InChI=1S/C47H33N5O/c1-3-5-13-31(4-2)45-49-46(37-19-12-18-35(27-37)34-17-11-16-33(26-34)32-14-7-6-8-15-32)51-47(50-45)38-22-24-40-39-23-21-36(28-42(39)53-43(40)29-38)41-30-52-25-10-9-20-44(52)48-41/h3-30H,2H2,1H3/b5-3-,31-13+. The summed E-state index contributed by atoms with van der Waals surface area (Å²) in [5, 5.41) is 2.05. The number of rotatable bonds is 8. The second kappa shape index (κ2) is 13.5. The number of hydrogen-bond donors (Lipinski definition) is 0. The number of aromatic nitrogens is 5. The van der Waals surface area contributed by atoms with Crippen molar-refractivity contribution < 1.29 is 4.42 Å². The van der Waals surface area contributed by atoms with Crippen LogP contribution >= 0.6 is 0 Å². The molecule has 0 saturated carbocycles. The topological polar surface area (TPSA) is 69.1 Å². The van der Waals surface area contributed by atoms with Gasteiger partial charge in [0.15, 0.2) is 17.5 Å². The van der Waals surface area contributed by atoms with Crippen LogP contribution in [0.3, 0.4) is 0 Å². The lowest BCUT2D eigenvalue weighted by molar-refractivity contribution is 0.669. The summed E-state index contributed by atoms with van der Waals surface area (Å²) >= 11 is 0. The maximum atomic E-state index is 6.48. The van der Waals surface area contributed by atoms with Gasteiger partial charge in [0.1, 0.15) is 16.8 Å². The Bertz CT molecular complexity index is 2840. The molecule has 0 aliphatic heterocycles. The molecule has 6 nitrogen and oxygen atoms in total. The van der Waals surface area contributed by atoms with E-state index in [-0.39, 0.29) is 0 Å². The van der Waals surface area contributed by atoms with E-state index in [1.54, 1.807) is 6.08 Å². The first kappa shape index (κ1) is 31.8. The largest absolute Gasteiger partial charge is 0.456 e. The van der Waals surface area contributed by atoms with Gasteiger partial charge >= 0.3 is 0 Å². The van der Waals surface area contributed by atoms with Crippen molar-refractivity contribution in [1.82, 2.24) is 24.3 Å². The van der Waals surface area contributed by atoms with Crippen molar-refractivity contribution in [3.8, 4) is 56.3 Å². The fraction of sp³-hybridized carbons (Fsp3) is 0.0213. The lowest BCUT2D eigenvalue weighted by Gasteiger charge is -2.10. The van der Waals surface area contributed by atoms with Crippen LogP contribution in [0.2, 0.25) is 0 Å². The van der Waals surface area contributed by atoms with E-state index in [0.29, 0.717) is 17.5 Å². The summed E-state index contributed by atoms with van der Waals surface area (Å²) in [6.07, 6.45) is 11.7. The van der Waals surface area contributed by atoms with Crippen molar-refractivity contribution >= 4 is 33.2 Å². The van der Waals surface area contributed by atoms with Gasteiger partial charge in [-0.2, -0.15) is 0 Å². The Balaban J connectivity index is 1.13. The van der Waals surface area contributed by atoms with E-state index in [4.69, 9.17) is 24.4 Å². The summed E-state index contributed by atoms with van der Waals surface area (Å²) in [5.74, 6) is 1.65. The molecule has 4 heterocycles. The Morgan fingerprint density at radius 1 is 0.585 bits per heavy atom. The van der Waals surface area contributed by atoms with E-state index >= 15 is 0 Å². The van der Waals surface area contributed by atoms with Crippen LogP contribution in [0.4, 0.5) is 0 Å². The summed E-state index contributed by atoms with van der Waals surface area (Å²) in [6, 6.07) is 45.7. The van der Waals surface area contributed by atoms with Crippen molar-refractivity contribution in [2.24, 2.45) is 0 Å². The summed E-state index contributed by atoms with van der Waals surface area (Å²) < 4.78 is 8.50. The number of furan rings is 1. The van der Waals surface area contributed by atoms with Crippen molar-refractivity contribution in [1.29, 1.82) is 0 Å². The van der Waals surface area contributed by atoms with Gasteiger partial charge in [-0.1, -0.05) is 116 Å². The molecule has 0 spiro atoms. The summed E-state index contributed by atoms with van der Waals surface area (Å²) in [5.41, 5.74) is 11.4. The highest BCUT2D eigenvalue weighted by molar-refractivity contribution is 6.06. The predicted molar refractivity (Wildman–Crippen MR) is 216 cm³/mol. The molecule has 0 aliphatic carbocycles. The zero-order chi connectivity index (χ0) is 35.7. The molecule has 0 atom stereocenters. The Morgan fingerprint density at radius 3 is 1.89 bits per heavy atom. The van der Waals surface area contributed by atoms with Gasteiger partial charge in [0.05, 0.1) is 5.69 Å². The molecule has 5 aromatic carbocycles. The quantitative estimate of drug-likeness (QED) is 0.149. The third-order valence-corrected chi connectivity index (χ3v) is 9.40. The minimum absolute atomic E-state index is 0.538. The van der Waals surface area contributed by atoms with Crippen molar-refractivity contribution in [2.45, 2.75) is 6.92 Å². The molecule has 9 aromatic rings. The molecule has 0 unspecified atom stereocenters. The first-order valence-electron chi connectivity index (χ1n) is 17.5. The molecule has 252 valence electrons. The smallest absolute Gasteiger partial charge is 0.164 e. The van der Waals surface area contributed by atoms with E-state index in [1.807, 2.05) is 90.5 Å². The van der Waals surface area contributed by atoms with Gasteiger partial charge in [0.25, 0.3) is 0 Å². The number of fused-ring (bicyclic) bond motifs is 4. The van der Waals surface area contributed by atoms with Gasteiger partial charge in [-0.25, -0.2) is 19.9 Å². The highest BCUT2D eigenvalue weighted by Crippen LogP contribution is 2.35. The molecule has 6 heteroatoms. The van der Waals surface area contributed by atoms with Crippen LogP contribution in [-0.4, -0.2) is 24.3 Å². The van der Waals surface area contributed by atoms with E-state index in [2.05, 4.69) is 91.5 Å². The first-order chi connectivity index (χ1) is 26.1. The molecule has 0 saturated heterocycles. The second-order valence-electron chi connectivity index (χ2n) is 12.8. The highest BCUT2D eigenvalue weighted by Gasteiger charge is 2.16. The molecule has 0 amide bonds. The number of benzene rings is 5. The second-order valence-corrected chi connectivity index (χ2v) is 12.8. The van der Waals surface area contributed by atoms with Crippen molar-refractivity contribution in [3.63, 3.8) is 0 Å². The number of imidazole rings is 1.